The highest BCUT2D eigenvalue weighted by atomic mass is 16.7. The Morgan fingerprint density at radius 3 is 2.68 bits per heavy atom. The van der Waals surface area contributed by atoms with Gasteiger partial charge >= 0.3 is 0 Å². The van der Waals surface area contributed by atoms with Gasteiger partial charge in [0.1, 0.15) is 30.0 Å². The molecule has 5 atom stereocenters. The van der Waals surface area contributed by atoms with E-state index in [0.29, 0.717) is 12.2 Å². The van der Waals surface area contributed by atoms with Gasteiger partial charge in [0.05, 0.1) is 19.3 Å². The number of hydrogen-bond acceptors (Lipinski definition) is 8. The fourth-order valence-corrected chi connectivity index (χ4v) is 2.83. The standard InChI is InChI=1S/C16H22N4O5/c1-24-16-13(15(23)14(22)12(9-21)25-16)20-8-11(18-19-20)7-17-10-5-3-2-4-6-10/h2-6,8,12-17,21-23H,7,9H2,1H3/t12-,13-,14-,15-,16-/m1/s1. The molecule has 0 radical (unpaired) electrons. The van der Waals surface area contributed by atoms with Crippen LogP contribution in [-0.4, -0.2) is 68.6 Å². The maximum Gasteiger partial charge on any atom is 0.182 e. The first-order valence-corrected chi connectivity index (χ1v) is 7.99. The lowest BCUT2D eigenvalue weighted by Gasteiger charge is -2.41. The highest BCUT2D eigenvalue weighted by molar-refractivity contribution is 5.42. The maximum absolute atomic E-state index is 10.4. The fraction of sp³-hybridized carbons (Fsp3) is 0.500. The minimum atomic E-state index is -1.25. The summed E-state index contributed by atoms with van der Waals surface area (Å²) in [4.78, 5) is 0. The third-order valence-corrected chi connectivity index (χ3v) is 4.19. The Morgan fingerprint density at radius 2 is 2.00 bits per heavy atom. The molecule has 9 heteroatoms. The molecule has 1 aromatic heterocycles. The van der Waals surface area contributed by atoms with E-state index < -0.39 is 37.3 Å². The minimum Gasteiger partial charge on any atom is -0.394 e. The highest BCUT2D eigenvalue weighted by Gasteiger charge is 2.46. The van der Waals surface area contributed by atoms with Gasteiger partial charge in [-0.2, -0.15) is 0 Å². The Bertz CT molecular complexity index is 666. The Balaban J connectivity index is 1.71. The highest BCUT2D eigenvalue weighted by Crippen LogP contribution is 2.30. The summed E-state index contributed by atoms with van der Waals surface area (Å²) in [6, 6.07) is 8.89. The summed E-state index contributed by atoms with van der Waals surface area (Å²) in [6.07, 6.45) is -2.60. The Hall–Kier alpha value is -2.04. The van der Waals surface area contributed by atoms with Gasteiger partial charge in [-0.15, -0.1) is 5.10 Å². The van der Waals surface area contributed by atoms with Crippen molar-refractivity contribution in [1.82, 2.24) is 15.0 Å². The second-order valence-corrected chi connectivity index (χ2v) is 5.84. The van der Waals surface area contributed by atoms with E-state index in [1.807, 2.05) is 30.3 Å². The molecule has 0 aliphatic carbocycles. The number of hydrogen-bond donors (Lipinski definition) is 4. The van der Waals surface area contributed by atoms with Crippen LogP contribution in [0.3, 0.4) is 0 Å². The van der Waals surface area contributed by atoms with Crippen LogP contribution in [0.15, 0.2) is 36.5 Å². The van der Waals surface area contributed by atoms with Crippen molar-refractivity contribution in [1.29, 1.82) is 0 Å². The summed E-state index contributed by atoms with van der Waals surface area (Å²) < 4.78 is 12.1. The first-order chi connectivity index (χ1) is 12.1. The molecule has 0 bridgehead atoms. The molecule has 1 aliphatic rings. The monoisotopic (exact) mass is 350 g/mol. The van der Waals surface area contributed by atoms with Gasteiger partial charge in [-0.3, -0.25) is 0 Å². The number of para-hydroxylation sites is 1. The molecule has 0 saturated carbocycles. The van der Waals surface area contributed by atoms with E-state index in [1.54, 1.807) is 6.20 Å². The number of nitrogens with one attached hydrogen (secondary N) is 1. The van der Waals surface area contributed by atoms with Crippen molar-refractivity contribution >= 4 is 5.69 Å². The average molecular weight is 350 g/mol. The zero-order chi connectivity index (χ0) is 17.8. The Morgan fingerprint density at radius 1 is 1.24 bits per heavy atom. The van der Waals surface area contributed by atoms with Crippen LogP contribution in [0.2, 0.25) is 0 Å². The molecule has 3 rings (SSSR count). The van der Waals surface area contributed by atoms with Gasteiger partial charge < -0.3 is 30.1 Å². The number of methoxy groups -OCH3 is 1. The van der Waals surface area contributed by atoms with E-state index in [0.717, 1.165) is 5.69 Å². The zero-order valence-electron chi connectivity index (χ0n) is 13.8. The molecule has 2 aromatic rings. The van der Waals surface area contributed by atoms with Crippen molar-refractivity contribution in [2.75, 3.05) is 19.0 Å². The van der Waals surface area contributed by atoms with Gasteiger partial charge in [0.15, 0.2) is 6.29 Å². The fourth-order valence-electron chi connectivity index (χ4n) is 2.83. The van der Waals surface area contributed by atoms with Crippen LogP contribution in [0, 0.1) is 0 Å². The van der Waals surface area contributed by atoms with Crippen LogP contribution in [0.5, 0.6) is 0 Å². The van der Waals surface area contributed by atoms with Crippen molar-refractivity contribution in [2.45, 2.75) is 37.2 Å². The molecular weight excluding hydrogens is 328 g/mol. The summed E-state index contributed by atoms with van der Waals surface area (Å²) in [5.41, 5.74) is 1.61. The van der Waals surface area contributed by atoms with Gasteiger partial charge in [0.25, 0.3) is 0 Å². The summed E-state index contributed by atoms with van der Waals surface area (Å²) in [5, 5.41) is 41.0. The number of aliphatic hydroxyl groups excluding tert-OH is 3. The number of aromatic nitrogens is 3. The predicted octanol–water partition coefficient (Wildman–Crippen LogP) is -0.483. The second kappa shape index (κ2) is 7.89. The van der Waals surface area contributed by atoms with E-state index in [9.17, 15) is 15.3 Å². The average Bonchev–Trinajstić information content (AvgIpc) is 3.11. The van der Waals surface area contributed by atoms with E-state index in [4.69, 9.17) is 9.47 Å². The number of nitrogens with zero attached hydrogens (tertiary/aromatic N) is 3. The lowest BCUT2D eigenvalue weighted by Crippen LogP contribution is -2.56. The van der Waals surface area contributed by atoms with Crippen LogP contribution in [0.1, 0.15) is 11.7 Å². The van der Waals surface area contributed by atoms with Gasteiger partial charge in [-0.1, -0.05) is 23.4 Å². The lowest BCUT2D eigenvalue weighted by molar-refractivity contribution is -0.274. The van der Waals surface area contributed by atoms with Crippen LogP contribution in [0.4, 0.5) is 5.69 Å². The number of ether oxygens (including phenoxy) is 2. The molecule has 1 fully saturated rings. The van der Waals surface area contributed by atoms with Crippen molar-refractivity contribution < 1.29 is 24.8 Å². The van der Waals surface area contributed by atoms with Crippen LogP contribution in [-0.2, 0) is 16.0 Å². The molecule has 9 nitrogen and oxygen atoms in total. The summed E-state index contributed by atoms with van der Waals surface area (Å²) in [5.74, 6) is 0. The molecule has 4 N–H and O–H groups in total. The number of rotatable bonds is 6. The van der Waals surface area contributed by atoms with Crippen LogP contribution >= 0.6 is 0 Å². The first kappa shape index (κ1) is 17.8. The molecule has 136 valence electrons. The maximum atomic E-state index is 10.4. The van der Waals surface area contributed by atoms with E-state index in [2.05, 4.69) is 15.6 Å². The van der Waals surface area contributed by atoms with Gasteiger partial charge in [-0.25, -0.2) is 4.68 Å². The molecule has 0 amide bonds. The number of anilines is 1. The molecule has 25 heavy (non-hydrogen) atoms. The minimum absolute atomic E-state index is 0.422. The second-order valence-electron chi connectivity index (χ2n) is 5.84. The number of aliphatic hydroxyl groups is 3. The molecule has 1 saturated heterocycles. The molecule has 1 aliphatic heterocycles. The van der Waals surface area contributed by atoms with E-state index in [1.165, 1.54) is 11.8 Å². The van der Waals surface area contributed by atoms with Crippen molar-refractivity contribution in [3.63, 3.8) is 0 Å². The Labute approximate surface area is 144 Å². The van der Waals surface area contributed by atoms with Gasteiger partial charge in [0, 0.05) is 12.8 Å². The third kappa shape index (κ3) is 3.80. The topological polar surface area (TPSA) is 122 Å². The third-order valence-electron chi connectivity index (χ3n) is 4.19. The molecular formula is C16H22N4O5. The van der Waals surface area contributed by atoms with Crippen molar-refractivity contribution in [3.8, 4) is 0 Å². The summed E-state index contributed by atoms with van der Waals surface area (Å²) in [6.45, 7) is 0.0293. The van der Waals surface area contributed by atoms with Crippen molar-refractivity contribution in [2.24, 2.45) is 0 Å². The molecule has 0 spiro atoms. The largest absolute Gasteiger partial charge is 0.394 e. The number of benzene rings is 1. The van der Waals surface area contributed by atoms with Crippen LogP contribution in [0.25, 0.3) is 0 Å². The molecule has 1 aromatic carbocycles. The van der Waals surface area contributed by atoms with E-state index >= 15 is 0 Å². The quantitative estimate of drug-likeness (QED) is 0.551. The molecule has 2 heterocycles. The van der Waals surface area contributed by atoms with Gasteiger partial charge in [-0.05, 0) is 12.1 Å². The summed E-state index contributed by atoms with van der Waals surface area (Å²) >= 11 is 0. The normalized spacial score (nSPS) is 29.5. The first-order valence-electron chi connectivity index (χ1n) is 7.99. The van der Waals surface area contributed by atoms with Crippen molar-refractivity contribution in [3.05, 3.63) is 42.2 Å². The zero-order valence-corrected chi connectivity index (χ0v) is 13.8. The van der Waals surface area contributed by atoms with Crippen LogP contribution < -0.4 is 5.32 Å². The summed E-state index contributed by atoms with van der Waals surface area (Å²) in [7, 11) is 1.42. The van der Waals surface area contributed by atoms with Gasteiger partial charge in [0.2, 0.25) is 0 Å². The lowest BCUT2D eigenvalue weighted by atomic mass is 9.97. The SMILES string of the molecule is CO[C@@H]1O[C@H](CO)[C@@H](O)[C@H](O)[C@H]1n1cc(CNc2ccccc2)nn1. The Kier molecular flexibility index (Phi) is 5.61. The smallest absolute Gasteiger partial charge is 0.182 e. The molecule has 0 unspecified atom stereocenters. The predicted molar refractivity (Wildman–Crippen MR) is 87.6 cm³/mol. The van der Waals surface area contributed by atoms with E-state index in [-0.39, 0.29) is 0 Å².